The van der Waals surface area contributed by atoms with Gasteiger partial charge in [-0.2, -0.15) is 15.0 Å². The minimum absolute atomic E-state index is 0.0464. The molecule has 0 saturated heterocycles. The molecule has 0 atom stereocenters. The first-order valence-electron chi connectivity index (χ1n) is 6.86. The van der Waals surface area contributed by atoms with Crippen molar-refractivity contribution >= 4 is 11.9 Å². The first kappa shape index (κ1) is 14.7. The van der Waals surface area contributed by atoms with Crippen molar-refractivity contribution in [3.05, 3.63) is 0 Å². The average Bonchev–Trinajstić information content (AvgIpc) is 2.83. The third kappa shape index (κ3) is 3.91. The second-order valence-corrected chi connectivity index (χ2v) is 5.36. The van der Waals surface area contributed by atoms with E-state index >= 15 is 0 Å². The lowest BCUT2D eigenvalue weighted by atomic mass is 10.0. The third-order valence-electron chi connectivity index (χ3n) is 3.19. The topological polar surface area (TPSA) is 118 Å². The van der Waals surface area contributed by atoms with Crippen LogP contribution in [0, 0.1) is 0 Å². The number of aliphatic hydroxyl groups is 1. The van der Waals surface area contributed by atoms with Crippen LogP contribution < -0.4 is 21.3 Å². The maximum Gasteiger partial charge on any atom is 0.323 e. The number of anilines is 2. The fraction of sp³-hybridized carbons (Fsp3) is 0.750. The molecule has 0 bridgehead atoms. The van der Waals surface area contributed by atoms with Gasteiger partial charge in [0, 0.05) is 6.54 Å². The molecular weight excluding hydrogens is 260 g/mol. The van der Waals surface area contributed by atoms with Crippen molar-refractivity contribution in [2.45, 2.75) is 51.2 Å². The Bertz CT molecular complexity index is 448. The van der Waals surface area contributed by atoms with E-state index in [1.165, 1.54) is 0 Å². The minimum atomic E-state index is -0.679. The second kappa shape index (κ2) is 6.19. The van der Waals surface area contributed by atoms with E-state index in [2.05, 4.69) is 25.7 Å². The van der Waals surface area contributed by atoms with Gasteiger partial charge in [0.1, 0.15) is 0 Å². The highest BCUT2D eigenvalue weighted by Crippen LogP contribution is 2.29. The third-order valence-corrected chi connectivity index (χ3v) is 3.19. The number of hydrogen-bond acceptors (Lipinski definition) is 8. The number of ether oxygens (including phenoxy) is 1. The number of aromatic nitrogens is 3. The standard InChI is InChI=1S/C12H22N6O2/c1-8(2)20-11-16-9(15-10(17-11)18-13)14-7-12(19)5-3-4-6-12/h8,19H,3-7,13H2,1-2H3,(H2,14,15,16,17,18). The van der Waals surface area contributed by atoms with Gasteiger partial charge in [-0.15, -0.1) is 0 Å². The van der Waals surface area contributed by atoms with E-state index in [0.29, 0.717) is 12.5 Å². The molecule has 0 amide bonds. The van der Waals surface area contributed by atoms with Crippen molar-refractivity contribution in [3.63, 3.8) is 0 Å². The molecular formula is C12H22N6O2. The smallest absolute Gasteiger partial charge is 0.323 e. The van der Waals surface area contributed by atoms with Gasteiger partial charge in [0.25, 0.3) is 0 Å². The van der Waals surface area contributed by atoms with Crippen LogP contribution in [0.2, 0.25) is 0 Å². The number of nitrogens with zero attached hydrogens (tertiary/aromatic N) is 3. The summed E-state index contributed by atoms with van der Waals surface area (Å²) in [5.41, 5.74) is 1.70. The van der Waals surface area contributed by atoms with Gasteiger partial charge in [-0.1, -0.05) is 12.8 Å². The Morgan fingerprint density at radius 1 is 1.25 bits per heavy atom. The van der Waals surface area contributed by atoms with Gasteiger partial charge in [-0.3, -0.25) is 5.43 Å². The van der Waals surface area contributed by atoms with Gasteiger partial charge in [-0.05, 0) is 26.7 Å². The van der Waals surface area contributed by atoms with Crippen LogP contribution in [0.4, 0.5) is 11.9 Å². The number of nitrogens with two attached hydrogens (primary N) is 1. The highest BCUT2D eigenvalue weighted by atomic mass is 16.5. The summed E-state index contributed by atoms with van der Waals surface area (Å²) < 4.78 is 5.43. The van der Waals surface area contributed by atoms with Crippen LogP contribution in [0.25, 0.3) is 0 Å². The van der Waals surface area contributed by atoms with Crippen molar-refractivity contribution < 1.29 is 9.84 Å². The summed E-state index contributed by atoms with van der Waals surface area (Å²) in [5.74, 6) is 5.88. The van der Waals surface area contributed by atoms with Crippen molar-refractivity contribution in [3.8, 4) is 6.01 Å². The SMILES string of the molecule is CC(C)Oc1nc(NN)nc(NCC2(O)CCCC2)n1. The molecule has 0 aliphatic heterocycles. The first-order chi connectivity index (χ1) is 9.50. The zero-order valence-electron chi connectivity index (χ0n) is 11.9. The number of nitrogens with one attached hydrogen (secondary N) is 2. The molecule has 20 heavy (non-hydrogen) atoms. The lowest BCUT2D eigenvalue weighted by Gasteiger charge is -2.22. The summed E-state index contributed by atoms with van der Waals surface area (Å²) >= 11 is 0. The molecule has 1 fully saturated rings. The van der Waals surface area contributed by atoms with E-state index in [1.54, 1.807) is 0 Å². The van der Waals surface area contributed by atoms with Crippen LogP contribution in [0.15, 0.2) is 0 Å². The maximum atomic E-state index is 10.3. The zero-order chi connectivity index (χ0) is 14.6. The van der Waals surface area contributed by atoms with Crippen molar-refractivity contribution in [2.24, 2.45) is 5.84 Å². The molecule has 0 spiro atoms. The molecule has 0 radical (unpaired) electrons. The van der Waals surface area contributed by atoms with E-state index in [1.807, 2.05) is 13.8 Å². The van der Waals surface area contributed by atoms with E-state index in [4.69, 9.17) is 10.6 Å². The van der Waals surface area contributed by atoms with Crippen LogP contribution in [-0.4, -0.2) is 38.3 Å². The Morgan fingerprint density at radius 3 is 2.50 bits per heavy atom. The fourth-order valence-corrected chi connectivity index (χ4v) is 2.22. The number of hydrogen-bond donors (Lipinski definition) is 4. The summed E-state index contributed by atoms with van der Waals surface area (Å²) in [6.45, 7) is 4.17. The van der Waals surface area contributed by atoms with Crippen LogP contribution in [-0.2, 0) is 0 Å². The molecule has 5 N–H and O–H groups in total. The molecule has 1 aromatic rings. The van der Waals surface area contributed by atoms with Crippen LogP contribution in [0.3, 0.4) is 0 Å². The summed E-state index contributed by atoms with van der Waals surface area (Å²) in [6.07, 6.45) is 3.64. The molecule has 1 heterocycles. The van der Waals surface area contributed by atoms with E-state index in [0.717, 1.165) is 25.7 Å². The molecule has 1 aliphatic carbocycles. The monoisotopic (exact) mass is 282 g/mol. The largest absolute Gasteiger partial charge is 0.461 e. The molecule has 1 aromatic heterocycles. The Morgan fingerprint density at radius 2 is 1.90 bits per heavy atom. The Balaban J connectivity index is 2.05. The first-order valence-corrected chi connectivity index (χ1v) is 6.86. The number of nitrogen functional groups attached to an aromatic ring is 1. The number of hydrazine groups is 1. The lowest BCUT2D eigenvalue weighted by Crippen LogP contribution is -2.34. The van der Waals surface area contributed by atoms with Gasteiger partial charge < -0.3 is 15.2 Å². The van der Waals surface area contributed by atoms with Gasteiger partial charge in [0.2, 0.25) is 11.9 Å². The van der Waals surface area contributed by atoms with Gasteiger partial charge in [0.05, 0.1) is 11.7 Å². The highest BCUT2D eigenvalue weighted by molar-refractivity contribution is 5.35. The molecule has 2 rings (SSSR count). The summed E-state index contributed by atoms with van der Waals surface area (Å²) in [7, 11) is 0. The van der Waals surface area contributed by atoms with Crippen LogP contribution in [0.5, 0.6) is 6.01 Å². The molecule has 0 aromatic carbocycles. The molecule has 1 saturated carbocycles. The molecule has 0 unspecified atom stereocenters. The van der Waals surface area contributed by atoms with Crippen molar-refractivity contribution in [1.29, 1.82) is 0 Å². The average molecular weight is 282 g/mol. The maximum absolute atomic E-state index is 10.3. The number of rotatable bonds is 6. The van der Waals surface area contributed by atoms with Crippen LogP contribution in [0.1, 0.15) is 39.5 Å². The molecule has 112 valence electrons. The van der Waals surface area contributed by atoms with Gasteiger partial charge in [-0.25, -0.2) is 5.84 Å². The summed E-state index contributed by atoms with van der Waals surface area (Å²) in [5, 5.41) is 13.3. The molecule has 8 heteroatoms. The zero-order valence-corrected chi connectivity index (χ0v) is 11.9. The minimum Gasteiger partial charge on any atom is -0.461 e. The second-order valence-electron chi connectivity index (χ2n) is 5.36. The highest BCUT2D eigenvalue weighted by Gasteiger charge is 2.31. The molecule has 8 nitrogen and oxygen atoms in total. The van der Waals surface area contributed by atoms with Gasteiger partial charge >= 0.3 is 6.01 Å². The van der Waals surface area contributed by atoms with E-state index in [-0.39, 0.29) is 18.1 Å². The van der Waals surface area contributed by atoms with Crippen molar-refractivity contribution in [2.75, 3.05) is 17.3 Å². The normalized spacial score (nSPS) is 17.2. The van der Waals surface area contributed by atoms with E-state index < -0.39 is 5.60 Å². The van der Waals surface area contributed by atoms with Crippen LogP contribution >= 0.6 is 0 Å². The Labute approximate surface area is 118 Å². The van der Waals surface area contributed by atoms with Gasteiger partial charge in [0.15, 0.2) is 0 Å². The fourth-order valence-electron chi connectivity index (χ4n) is 2.22. The Kier molecular flexibility index (Phi) is 4.56. The summed E-state index contributed by atoms with van der Waals surface area (Å²) in [4.78, 5) is 12.2. The van der Waals surface area contributed by atoms with Crippen molar-refractivity contribution in [1.82, 2.24) is 15.0 Å². The lowest BCUT2D eigenvalue weighted by molar-refractivity contribution is 0.0612. The predicted octanol–water partition coefficient (Wildman–Crippen LogP) is 0.661. The predicted molar refractivity (Wildman–Crippen MR) is 75.3 cm³/mol. The van der Waals surface area contributed by atoms with E-state index in [9.17, 15) is 5.11 Å². The molecule has 1 aliphatic rings. The Hall–Kier alpha value is -1.67. The quantitative estimate of drug-likeness (QED) is 0.444. The summed E-state index contributed by atoms with van der Waals surface area (Å²) in [6, 6.07) is 0.198.